The van der Waals surface area contributed by atoms with Crippen LogP contribution < -0.4 is 5.32 Å². The lowest BCUT2D eigenvalue weighted by molar-refractivity contribution is 0.0341. The van der Waals surface area contributed by atoms with Gasteiger partial charge in [0.1, 0.15) is 11.4 Å². The lowest BCUT2D eigenvalue weighted by atomic mass is 10.2. The van der Waals surface area contributed by atoms with E-state index >= 15 is 0 Å². The largest absolute Gasteiger partial charge is 0.444 e. The van der Waals surface area contributed by atoms with E-state index in [0.717, 1.165) is 38.4 Å². The lowest BCUT2D eigenvalue weighted by Gasteiger charge is -2.26. The predicted molar refractivity (Wildman–Crippen MR) is 80.2 cm³/mol. The van der Waals surface area contributed by atoms with Gasteiger partial charge in [-0.25, -0.2) is 9.78 Å². The van der Waals surface area contributed by atoms with Gasteiger partial charge in [0, 0.05) is 25.8 Å². The summed E-state index contributed by atoms with van der Waals surface area (Å²) in [6, 6.07) is 3.76. The zero-order valence-electron chi connectivity index (χ0n) is 12.9. The molecule has 0 aliphatic carbocycles. The first kappa shape index (κ1) is 15.7. The molecule has 116 valence electrons. The molecule has 0 unspecified atom stereocenters. The standard InChI is InChI=1S/C15H23N3O3/c1-15(2,3)21-14(19)17-13-5-4-12(10-16-13)11-18-6-8-20-9-7-18/h4-5,10H,6-9,11H2,1-3H3,(H,16,17,19). The molecule has 0 bridgehead atoms. The molecule has 1 saturated heterocycles. The minimum absolute atomic E-state index is 0.490. The van der Waals surface area contributed by atoms with Gasteiger partial charge in [0.2, 0.25) is 0 Å². The van der Waals surface area contributed by atoms with Crippen molar-refractivity contribution in [3.05, 3.63) is 23.9 Å². The first-order valence-corrected chi connectivity index (χ1v) is 7.17. The smallest absolute Gasteiger partial charge is 0.413 e. The van der Waals surface area contributed by atoms with Crippen LogP contribution >= 0.6 is 0 Å². The maximum absolute atomic E-state index is 11.6. The Labute approximate surface area is 125 Å². The van der Waals surface area contributed by atoms with Gasteiger partial charge in [0.25, 0.3) is 0 Å². The van der Waals surface area contributed by atoms with Crippen molar-refractivity contribution < 1.29 is 14.3 Å². The van der Waals surface area contributed by atoms with Gasteiger partial charge in [-0.3, -0.25) is 10.2 Å². The van der Waals surface area contributed by atoms with Crippen molar-refractivity contribution in [2.75, 3.05) is 31.6 Å². The Morgan fingerprint density at radius 1 is 1.38 bits per heavy atom. The summed E-state index contributed by atoms with van der Waals surface area (Å²) in [6.07, 6.45) is 1.29. The number of hydrogen-bond donors (Lipinski definition) is 1. The summed E-state index contributed by atoms with van der Waals surface area (Å²) in [5, 5.41) is 2.62. The van der Waals surface area contributed by atoms with E-state index in [9.17, 15) is 4.79 Å². The van der Waals surface area contributed by atoms with Crippen LogP contribution in [-0.2, 0) is 16.0 Å². The van der Waals surface area contributed by atoms with Crippen LogP contribution in [0.2, 0.25) is 0 Å². The summed E-state index contributed by atoms with van der Waals surface area (Å²) in [5.74, 6) is 0.495. The molecular weight excluding hydrogens is 270 g/mol. The predicted octanol–water partition coefficient (Wildman–Crippen LogP) is 2.26. The van der Waals surface area contributed by atoms with E-state index in [1.807, 2.05) is 26.8 Å². The van der Waals surface area contributed by atoms with Crippen LogP contribution in [0.1, 0.15) is 26.3 Å². The topological polar surface area (TPSA) is 63.7 Å². The summed E-state index contributed by atoms with van der Waals surface area (Å²) < 4.78 is 10.5. The molecule has 0 atom stereocenters. The van der Waals surface area contributed by atoms with Crippen molar-refractivity contribution in [3.63, 3.8) is 0 Å². The number of ether oxygens (including phenoxy) is 2. The molecule has 6 heteroatoms. The summed E-state index contributed by atoms with van der Waals surface area (Å²) in [6.45, 7) is 9.78. The molecule has 1 aliphatic heterocycles. The normalized spacial score (nSPS) is 16.5. The number of carbonyl (C=O) groups is 1. The zero-order chi connectivity index (χ0) is 15.3. The number of morpholine rings is 1. The van der Waals surface area contributed by atoms with Crippen molar-refractivity contribution in [1.82, 2.24) is 9.88 Å². The molecular formula is C15H23N3O3. The third-order valence-corrected chi connectivity index (χ3v) is 2.96. The highest BCUT2D eigenvalue weighted by Crippen LogP contribution is 2.12. The molecule has 0 aromatic carbocycles. The Bertz CT molecular complexity index is 462. The number of aromatic nitrogens is 1. The fourth-order valence-electron chi connectivity index (χ4n) is 2.02. The monoisotopic (exact) mass is 293 g/mol. The molecule has 0 spiro atoms. The highest BCUT2D eigenvalue weighted by molar-refractivity contribution is 5.83. The molecule has 2 heterocycles. The fourth-order valence-corrected chi connectivity index (χ4v) is 2.02. The van der Waals surface area contributed by atoms with Gasteiger partial charge in [0.05, 0.1) is 13.2 Å². The number of rotatable bonds is 3. The number of nitrogens with one attached hydrogen (secondary N) is 1. The molecule has 6 nitrogen and oxygen atoms in total. The van der Waals surface area contributed by atoms with Gasteiger partial charge in [-0.05, 0) is 32.4 Å². The lowest BCUT2D eigenvalue weighted by Crippen LogP contribution is -2.35. The number of pyridine rings is 1. The van der Waals surface area contributed by atoms with Crippen LogP contribution in [-0.4, -0.2) is 47.9 Å². The SMILES string of the molecule is CC(C)(C)OC(=O)Nc1ccc(CN2CCOCC2)cn1. The van der Waals surface area contributed by atoms with Crippen molar-refractivity contribution >= 4 is 11.9 Å². The molecule has 1 aliphatic rings. The average Bonchev–Trinajstić information content (AvgIpc) is 2.40. The Morgan fingerprint density at radius 2 is 2.10 bits per heavy atom. The highest BCUT2D eigenvalue weighted by Gasteiger charge is 2.16. The van der Waals surface area contributed by atoms with Crippen molar-refractivity contribution in [3.8, 4) is 0 Å². The highest BCUT2D eigenvalue weighted by atomic mass is 16.6. The summed E-state index contributed by atoms with van der Waals surface area (Å²) in [5.41, 5.74) is 0.604. The molecule has 1 aromatic heterocycles. The van der Waals surface area contributed by atoms with E-state index in [-0.39, 0.29) is 0 Å². The first-order chi connectivity index (χ1) is 9.92. The van der Waals surface area contributed by atoms with Gasteiger partial charge in [-0.2, -0.15) is 0 Å². The molecule has 21 heavy (non-hydrogen) atoms. The number of anilines is 1. The third kappa shape index (κ3) is 5.69. The van der Waals surface area contributed by atoms with E-state index in [1.165, 1.54) is 0 Å². The van der Waals surface area contributed by atoms with Crippen LogP contribution in [0.3, 0.4) is 0 Å². The minimum atomic E-state index is -0.514. The molecule has 1 fully saturated rings. The summed E-state index contributed by atoms with van der Waals surface area (Å²) in [4.78, 5) is 18.2. The van der Waals surface area contributed by atoms with Gasteiger partial charge in [-0.15, -0.1) is 0 Å². The quantitative estimate of drug-likeness (QED) is 0.926. The molecule has 1 N–H and O–H groups in total. The Hall–Kier alpha value is -1.66. The van der Waals surface area contributed by atoms with E-state index in [1.54, 1.807) is 12.3 Å². The maximum atomic E-state index is 11.6. The van der Waals surface area contributed by atoms with E-state index in [4.69, 9.17) is 9.47 Å². The van der Waals surface area contributed by atoms with E-state index in [2.05, 4.69) is 15.2 Å². The molecule has 1 aromatic rings. The first-order valence-electron chi connectivity index (χ1n) is 7.17. The van der Waals surface area contributed by atoms with Crippen LogP contribution in [0.15, 0.2) is 18.3 Å². The number of hydrogen-bond acceptors (Lipinski definition) is 5. The van der Waals surface area contributed by atoms with E-state index in [0.29, 0.717) is 5.82 Å². The molecule has 0 saturated carbocycles. The van der Waals surface area contributed by atoms with Crippen LogP contribution in [0, 0.1) is 0 Å². The van der Waals surface area contributed by atoms with E-state index < -0.39 is 11.7 Å². The van der Waals surface area contributed by atoms with Gasteiger partial charge in [0.15, 0.2) is 0 Å². The number of carbonyl (C=O) groups excluding carboxylic acids is 1. The Kier molecular flexibility index (Phi) is 5.14. The second-order valence-electron chi connectivity index (χ2n) is 6.07. The maximum Gasteiger partial charge on any atom is 0.413 e. The van der Waals surface area contributed by atoms with Gasteiger partial charge < -0.3 is 9.47 Å². The molecule has 2 rings (SSSR count). The third-order valence-electron chi connectivity index (χ3n) is 2.96. The van der Waals surface area contributed by atoms with Crippen molar-refractivity contribution in [1.29, 1.82) is 0 Å². The number of amides is 1. The summed E-state index contributed by atoms with van der Waals surface area (Å²) in [7, 11) is 0. The Morgan fingerprint density at radius 3 is 2.67 bits per heavy atom. The van der Waals surface area contributed by atoms with Gasteiger partial charge in [-0.1, -0.05) is 6.07 Å². The fraction of sp³-hybridized carbons (Fsp3) is 0.600. The Balaban J connectivity index is 1.85. The number of nitrogens with zero attached hydrogens (tertiary/aromatic N) is 2. The summed E-state index contributed by atoms with van der Waals surface area (Å²) >= 11 is 0. The zero-order valence-corrected chi connectivity index (χ0v) is 12.9. The van der Waals surface area contributed by atoms with Crippen molar-refractivity contribution in [2.24, 2.45) is 0 Å². The van der Waals surface area contributed by atoms with Crippen molar-refractivity contribution in [2.45, 2.75) is 32.9 Å². The van der Waals surface area contributed by atoms with Crippen LogP contribution in [0.5, 0.6) is 0 Å². The second-order valence-corrected chi connectivity index (χ2v) is 6.07. The second kappa shape index (κ2) is 6.87. The van der Waals surface area contributed by atoms with Crippen LogP contribution in [0.4, 0.5) is 10.6 Å². The molecule has 1 amide bonds. The minimum Gasteiger partial charge on any atom is -0.444 e. The van der Waals surface area contributed by atoms with Crippen LogP contribution in [0.25, 0.3) is 0 Å². The average molecular weight is 293 g/mol. The van der Waals surface area contributed by atoms with Gasteiger partial charge >= 0.3 is 6.09 Å². The molecule has 0 radical (unpaired) electrons.